The minimum absolute atomic E-state index is 0.0131. The van der Waals surface area contributed by atoms with Gasteiger partial charge in [0.15, 0.2) is 0 Å². The summed E-state index contributed by atoms with van der Waals surface area (Å²) in [7, 11) is 1.78. The highest BCUT2D eigenvalue weighted by molar-refractivity contribution is 5.82. The number of likely N-dealkylation sites (tertiary alicyclic amines) is 1. The van der Waals surface area contributed by atoms with E-state index < -0.39 is 0 Å². The number of piperidine rings is 1. The van der Waals surface area contributed by atoms with E-state index in [2.05, 4.69) is 18.7 Å². The number of fused-ring (bicyclic) bond motifs is 5. The van der Waals surface area contributed by atoms with Crippen LogP contribution in [0.2, 0.25) is 0 Å². The first kappa shape index (κ1) is 22.2. The fraction of sp³-hybridized carbons (Fsp3) is 0.962. The number of aliphatic hydroxyl groups excluding tert-OH is 1. The molecule has 1 amide bonds. The summed E-state index contributed by atoms with van der Waals surface area (Å²) in [5.74, 6) is 2.71. The van der Waals surface area contributed by atoms with Gasteiger partial charge in [0.05, 0.1) is 12.2 Å². The van der Waals surface area contributed by atoms with Gasteiger partial charge in [-0.25, -0.2) is 0 Å². The number of nitrogens with zero attached hydrogens (tertiary/aromatic N) is 1. The van der Waals surface area contributed by atoms with Gasteiger partial charge in [0, 0.05) is 25.8 Å². The van der Waals surface area contributed by atoms with Crippen molar-refractivity contribution >= 4 is 5.91 Å². The van der Waals surface area contributed by atoms with Crippen LogP contribution in [0.25, 0.3) is 0 Å². The van der Waals surface area contributed by atoms with E-state index in [1.54, 1.807) is 7.11 Å². The summed E-state index contributed by atoms with van der Waals surface area (Å²) < 4.78 is 11.8. The topological polar surface area (TPSA) is 59.0 Å². The average Bonchev–Trinajstić information content (AvgIpc) is 2.78. The SMILES string of the molecule is CO[C@@H]1C2CC[C@@H]3[C@H](CC[C@@]4(C)[C@H]3CCCN4C(=O)[C@H]3CCCCO3)[C@@]2(C)CC[C@@H]1O. The van der Waals surface area contributed by atoms with Gasteiger partial charge < -0.3 is 19.5 Å². The first-order chi connectivity index (χ1) is 14.9. The zero-order valence-electron chi connectivity index (χ0n) is 19.9. The summed E-state index contributed by atoms with van der Waals surface area (Å²) in [6.45, 7) is 6.53. The molecule has 5 rings (SSSR count). The Balaban J connectivity index is 1.39. The summed E-state index contributed by atoms with van der Waals surface area (Å²) >= 11 is 0. The number of amides is 1. The van der Waals surface area contributed by atoms with Gasteiger partial charge in [-0.05, 0) is 107 Å². The molecule has 0 aromatic carbocycles. The minimum Gasteiger partial charge on any atom is -0.390 e. The van der Waals surface area contributed by atoms with Crippen LogP contribution < -0.4 is 0 Å². The molecule has 2 saturated heterocycles. The standard InChI is InChI=1S/C26H43NO4/c1-25-13-12-21(28)23(30-3)20(25)10-9-17-18(25)11-14-26(2)19(17)7-6-15-27(26)24(29)22-8-4-5-16-31-22/h17-23,28H,4-16H2,1-3H3/t17-,18+,19+,20?,21+,22-,23-,25-,26+/m1/s1. The van der Waals surface area contributed by atoms with Gasteiger partial charge >= 0.3 is 0 Å². The van der Waals surface area contributed by atoms with Gasteiger partial charge in [-0.15, -0.1) is 0 Å². The molecule has 0 spiro atoms. The molecular weight excluding hydrogens is 390 g/mol. The van der Waals surface area contributed by atoms with Gasteiger partial charge in [-0.3, -0.25) is 4.79 Å². The average molecular weight is 434 g/mol. The van der Waals surface area contributed by atoms with Crippen molar-refractivity contribution in [2.45, 2.75) is 108 Å². The molecule has 0 aromatic heterocycles. The lowest BCUT2D eigenvalue weighted by Crippen LogP contribution is -2.67. The molecule has 0 aromatic rings. The lowest BCUT2D eigenvalue weighted by atomic mass is 9.44. The predicted octanol–water partition coefficient (Wildman–Crippen LogP) is 4.17. The van der Waals surface area contributed by atoms with Crippen molar-refractivity contribution in [3.05, 3.63) is 0 Å². The zero-order chi connectivity index (χ0) is 21.8. The van der Waals surface area contributed by atoms with Crippen molar-refractivity contribution in [2.75, 3.05) is 20.3 Å². The van der Waals surface area contributed by atoms with Crippen molar-refractivity contribution in [3.8, 4) is 0 Å². The molecule has 31 heavy (non-hydrogen) atoms. The molecule has 176 valence electrons. The molecular formula is C26H43NO4. The molecule has 5 heteroatoms. The Morgan fingerprint density at radius 3 is 2.55 bits per heavy atom. The molecule has 5 fully saturated rings. The fourth-order valence-electron chi connectivity index (χ4n) is 8.97. The Kier molecular flexibility index (Phi) is 5.92. The third-order valence-corrected chi connectivity index (χ3v) is 10.6. The van der Waals surface area contributed by atoms with Crippen LogP contribution in [0.4, 0.5) is 0 Å². The summed E-state index contributed by atoms with van der Waals surface area (Å²) in [5, 5.41) is 10.6. The van der Waals surface area contributed by atoms with Crippen LogP contribution in [0, 0.1) is 29.1 Å². The Hall–Kier alpha value is -0.650. The van der Waals surface area contributed by atoms with E-state index in [9.17, 15) is 9.90 Å². The Bertz CT molecular complexity index is 678. The van der Waals surface area contributed by atoms with Crippen LogP contribution >= 0.6 is 0 Å². The van der Waals surface area contributed by atoms with Crippen LogP contribution in [-0.4, -0.2) is 60.0 Å². The zero-order valence-corrected chi connectivity index (χ0v) is 19.9. The predicted molar refractivity (Wildman–Crippen MR) is 120 cm³/mol. The molecule has 3 saturated carbocycles. The van der Waals surface area contributed by atoms with Gasteiger partial charge in [0.25, 0.3) is 5.91 Å². The van der Waals surface area contributed by atoms with Crippen LogP contribution in [0.5, 0.6) is 0 Å². The Morgan fingerprint density at radius 1 is 0.968 bits per heavy atom. The van der Waals surface area contributed by atoms with E-state index >= 15 is 0 Å². The van der Waals surface area contributed by atoms with E-state index in [-0.39, 0.29) is 35.2 Å². The lowest BCUT2D eigenvalue weighted by Gasteiger charge is -2.65. The molecule has 3 aliphatic carbocycles. The second kappa shape index (κ2) is 8.29. The number of rotatable bonds is 2. The molecule has 1 unspecified atom stereocenters. The van der Waals surface area contributed by atoms with Gasteiger partial charge in [-0.2, -0.15) is 0 Å². The summed E-state index contributed by atoms with van der Waals surface area (Å²) in [5.41, 5.74) is 0.234. The van der Waals surface area contributed by atoms with Gasteiger partial charge in [0.1, 0.15) is 6.10 Å². The highest BCUT2D eigenvalue weighted by Gasteiger charge is 2.61. The smallest absolute Gasteiger partial charge is 0.252 e. The van der Waals surface area contributed by atoms with E-state index in [0.717, 1.165) is 64.5 Å². The number of ether oxygens (including phenoxy) is 2. The largest absolute Gasteiger partial charge is 0.390 e. The monoisotopic (exact) mass is 433 g/mol. The van der Waals surface area contributed by atoms with E-state index in [1.165, 1.54) is 19.3 Å². The molecule has 5 aliphatic rings. The lowest BCUT2D eigenvalue weighted by molar-refractivity contribution is -0.196. The normalized spacial score (nSPS) is 50.2. The maximum Gasteiger partial charge on any atom is 0.252 e. The third-order valence-electron chi connectivity index (χ3n) is 10.6. The number of aliphatic hydroxyl groups is 1. The molecule has 2 aliphatic heterocycles. The molecule has 0 radical (unpaired) electrons. The van der Waals surface area contributed by atoms with Crippen LogP contribution in [0.15, 0.2) is 0 Å². The third kappa shape index (κ3) is 3.40. The van der Waals surface area contributed by atoms with E-state index in [1.807, 2.05) is 0 Å². The maximum atomic E-state index is 13.5. The Morgan fingerprint density at radius 2 is 1.81 bits per heavy atom. The van der Waals surface area contributed by atoms with Gasteiger partial charge in [-0.1, -0.05) is 6.92 Å². The molecule has 5 nitrogen and oxygen atoms in total. The second-order valence-corrected chi connectivity index (χ2v) is 11.8. The minimum atomic E-state index is -0.313. The van der Waals surface area contributed by atoms with E-state index in [0.29, 0.717) is 23.7 Å². The highest BCUT2D eigenvalue weighted by atomic mass is 16.5. The van der Waals surface area contributed by atoms with Crippen LogP contribution in [-0.2, 0) is 14.3 Å². The number of carbonyl (C=O) groups excluding carboxylic acids is 1. The molecule has 9 atom stereocenters. The summed E-state index contributed by atoms with van der Waals surface area (Å²) in [4.78, 5) is 15.8. The number of hydrogen-bond donors (Lipinski definition) is 1. The van der Waals surface area contributed by atoms with Crippen molar-refractivity contribution in [2.24, 2.45) is 29.1 Å². The number of carbonyl (C=O) groups is 1. The first-order valence-electron chi connectivity index (χ1n) is 13.0. The van der Waals surface area contributed by atoms with Crippen LogP contribution in [0.1, 0.15) is 84.5 Å². The fourth-order valence-corrected chi connectivity index (χ4v) is 8.97. The van der Waals surface area contributed by atoms with E-state index in [4.69, 9.17) is 9.47 Å². The van der Waals surface area contributed by atoms with Crippen LogP contribution in [0.3, 0.4) is 0 Å². The van der Waals surface area contributed by atoms with Gasteiger partial charge in [0.2, 0.25) is 0 Å². The quantitative estimate of drug-likeness (QED) is 0.710. The summed E-state index contributed by atoms with van der Waals surface area (Å²) in [6, 6.07) is 0. The summed E-state index contributed by atoms with van der Waals surface area (Å²) in [6.07, 6.45) is 11.6. The number of methoxy groups -OCH3 is 1. The number of hydrogen-bond acceptors (Lipinski definition) is 4. The Labute approximate surface area is 188 Å². The molecule has 1 N–H and O–H groups in total. The van der Waals surface area contributed by atoms with Crippen molar-refractivity contribution in [3.63, 3.8) is 0 Å². The molecule has 2 heterocycles. The molecule has 0 bridgehead atoms. The second-order valence-electron chi connectivity index (χ2n) is 11.8. The first-order valence-corrected chi connectivity index (χ1v) is 13.0. The maximum absolute atomic E-state index is 13.5. The van der Waals surface area contributed by atoms with Crippen molar-refractivity contribution in [1.82, 2.24) is 4.90 Å². The highest BCUT2D eigenvalue weighted by Crippen LogP contribution is 2.63. The van der Waals surface area contributed by atoms with Crippen molar-refractivity contribution in [1.29, 1.82) is 0 Å². The van der Waals surface area contributed by atoms with Crippen molar-refractivity contribution < 1.29 is 19.4 Å².